The molecule has 0 bridgehead atoms. The van der Waals surface area contributed by atoms with Gasteiger partial charge in [0.15, 0.2) is 5.82 Å². The first kappa shape index (κ1) is 23.3. The Morgan fingerprint density at radius 3 is 2.74 bits per heavy atom. The van der Waals surface area contributed by atoms with Crippen LogP contribution in [0.1, 0.15) is 28.4 Å². The van der Waals surface area contributed by atoms with E-state index in [1.807, 2.05) is 13.0 Å². The van der Waals surface area contributed by atoms with Crippen LogP contribution in [0.3, 0.4) is 0 Å². The van der Waals surface area contributed by atoms with Crippen molar-refractivity contribution in [2.24, 2.45) is 4.99 Å². The van der Waals surface area contributed by atoms with Crippen LogP contribution in [0.5, 0.6) is 0 Å². The molecule has 172 valence electrons. The molecule has 4 aromatic rings. The summed E-state index contributed by atoms with van der Waals surface area (Å²) in [6.07, 6.45) is 6.50. The Morgan fingerprint density at radius 1 is 1.18 bits per heavy atom. The minimum absolute atomic E-state index is 0.0842. The zero-order valence-corrected chi connectivity index (χ0v) is 19.0. The van der Waals surface area contributed by atoms with Crippen LogP contribution in [-0.2, 0) is 0 Å². The minimum Gasteiger partial charge on any atom is -0.345 e. The Hall–Kier alpha value is -3.85. The molecule has 2 aromatic carbocycles. The zero-order chi connectivity index (χ0) is 24.2. The topological polar surface area (TPSA) is 70.1 Å². The van der Waals surface area contributed by atoms with E-state index in [9.17, 15) is 13.6 Å². The highest BCUT2D eigenvalue weighted by atomic mass is 32.2. The molecule has 0 spiro atoms. The lowest BCUT2D eigenvalue weighted by Crippen LogP contribution is -2.09. The van der Waals surface area contributed by atoms with Crippen molar-refractivity contribution in [1.82, 2.24) is 9.97 Å². The predicted octanol–water partition coefficient (Wildman–Crippen LogP) is 6.43. The van der Waals surface area contributed by atoms with Crippen LogP contribution in [0.4, 0.5) is 18.9 Å². The quantitative estimate of drug-likeness (QED) is 0.182. The Balaban J connectivity index is 1.70. The summed E-state index contributed by atoms with van der Waals surface area (Å²) in [4.78, 5) is 24.9. The average molecular weight is 481 g/mol. The molecule has 5 nitrogen and oxygen atoms in total. The summed E-state index contributed by atoms with van der Waals surface area (Å²) in [6, 6.07) is 9.62. The van der Waals surface area contributed by atoms with E-state index in [-0.39, 0.29) is 11.3 Å². The summed E-state index contributed by atoms with van der Waals surface area (Å²) in [5, 5.41) is 0.428. The van der Waals surface area contributed by atoms with Gasteiger partial charge in [0.2, 0.25) is 5.78 Å². The maximum Gasteiger partial charge on any atom is 0.201 e. The van der Waals surface area contributed by atoms with Gasteiger partial charge in [0, 0.05) is 47.1 Å². The molecule has 0 atom stereocenters. The van der Waals surface area contributed by atoms with Crippen molar-refractivity contribution in [2.75, 3.05) is 11.8 Å². The predicted molar refractivity (Wildman–Crippen MR) is 130 cm³/mol. The van der Waals surface area contributed by atoms with Crippen LogP contribution < -0.4 is 4.72 Å². The fourth-order valence-electron chi connectivity index (χ4n) is 3.42. The van der Waals surface area contributed by atoms with Crippen molar-refractivity contribution >= 4 is 46.2 Å². The van der Waals surface area contributed by atoms with Crippen molar-refractivity contribution in [3.8, 4) is 0 Å². The molecule has 2 N–H and O–H groups in total. The lowest BCUT2D eigenvalue weighted by atomic mass is 10.00. The fraction of sp³-hybridized carbons (Fsp3) is 0.0800. The van der Waals surface area contributed by atoms with E-state index in [0.29, 0.717) is 21.5 Å². The van der Waals surface area contributed by atoms with Crippen LogP contribution in [0.2, 0.25) is 0 Å². The molecular formula is C25H19F3N4OS. The number of fused-ring (bicyclic) bond motifs is 1. The second-order valence-corrected chi connectivity index (χ2v) is 8.11. The number of hydrogen-bond acceptors (Lipinski definition) is 5. The summed E-state index contributed by atoms with van der Waals surface area (Å²) >= 11 is 0.942. The van der Waals surface area contributed by atoms with Crippen LogP contribution in [0.15, 0.2) is 70.8 Å². The summed E-state index contributed by atoms with van der Waals surface area (Å²) in [5.41, 5.74) is 1.19. The molecule has 0 saturated carbocycles. The van der Waals surface area contributed by atoms with Gasteiger partial charge in [0.25, 0.3) is 0 Å². The first-order valence-electron chi connectivity index (χ1n) is 10.2. The molecule has 2 aromatic heterocycles. The average Bonchev–Trinajstić information content (AvgIpc) is 3.25. The molecule has 0 aliphatic rings. The van der Waals surface area contributed by atoms with Gasteiger partial charge < -0.3 is 9.71 Å². The third-order valence-electron chi connectivity index (χ3n) is 5.08. The standard InChI is InChI=1S/C25H19F3N4OS/c1-3-14(11-29-2)15-9-18-19(13-31-25(18)30-12-15)24(33)22-20(27)7-8-21(23(22)28)32-34-17-6-4-5-16(26)10-17/h3-13,32H,1-2H3,(H,30,31)/b14-3+,29-11?. The number of anilines is 1. The number of carbonyl (C=O) groups excluding carboxylic acids is 1. The van der Waals surface area contributed by atoms with Crippen molar-refractivity contribution in [3.05, 3.63) is 95.1 Å². The number of hydrogen-bond donors (Lipinski definition) is 2. The first-order valence-corrected chi connectivity index (χ1v) is 11.0. The van der Waals surface area contributed by atoms with Gasteiger partial charge in [0.1, 0.15) is 17.3 Å². The number of H-pyrrole nitrogens is 1. The zero-order valence-electron chi connectivity index (χ0n) is 18.2. The van der Waals surface area contributed by atoms with Crippen LogP contribution in [0, 0.1) is 17.5 Å². The number of nitrogens with one attached hydrogen (secondary N) is 2. The van der Waals surface area contributed by atoms with Crippen molar-refractivity contribution in [1.29, 1.82) is 0 Å². The number of aliphatic imine (C=N–C) groups is 1. The van der Waals surface area contributed by atoms with Gasteiger partial charge in [-0.25, -0.2) is 18.2 Å². The summed E-state index contributed by atoms with van der Waals surface area (Å²) in [6.45, 7) is 1.84. The molecule has 0 aliphatic carbocycles. The number of carbonyl (C=O) groups is 1. The van der Waals surface area contributed by atoms with E-state index >= 15 is 4.39 Å². The van der Waals surface area contributed by atoms with Crippen molar-refractivity contribution < 1.29 is 18.0 Å². The molecular weight excluding hydrogens is 461 g/mol. The number of aromatic amines is 1. The second kappa shape index (κ2) is 9.96. The Labute approximate surface area is 198 Å². The number of allylic oxidation sites excluding steroid dienone is 2. The third kappa shape index (κ3) is 4.60. The smallest absolute Gasteiger partial charge is 0.201 e. The normalized spacial score (nSPS) is 12.0. The van der Waals surface area contributed by atoms with Gasteiger partial charge in [-0.2, -0.15) is 0 Å². The van der Waals surface area contributed by atoms with E-state index < -0.39 is 28.8 Å². The largest absolute Gasteiger partial charge is 0.345 e. The van der Waals surface area contributed by atoms with E-state index in [2.05, 4.69) is 19.7 Å². The number of halogens is 3. The number of ketones is 1. The molecule has 0 fully saturated rings. The lowest BCUT2D eigenvalue weighted by Gasteiger charge is -2.11. The molecule has 34 heavy (non-hydrogen) atoms. The van der Waals surface area contributed by atoms with Gasteiger partial charge in [0.05, 0.1) is 11.3 Å². The van der Waals surface area contributed by atoms with Crippen LogP contribution in [-0.4, -0.2) is 29.0 Å². The fourth-order valence-corrected chi connectivity index (χ4v) is 4.13. The van der Waals surface area contributed by atoms with Gasteiger partial charge >= 0.3 is 0 Å². The number of benzene rings is 2. The van der Waals surface area contributed by atoms with Gasteiger partial charge in [-0.1, -0.05) is 12.1 Å². The monoisotopic (exact) mass is 480 g/mol. The summed E-state index contributed by atoms with van der Waals surface area (Å²) < 4.78 is 46.0. The van der Waals surface area contributed by atoms with Gasteiger partial charge in [-0.3, -0.25) is 9.79 Å². The number of pyridine rings is 1. The molecule has 0 saturated heterocycles. The molecule has 0 unspecified atom stereocenters. The van der Waals surface area contributed by atoms with E-state index in [1.165, 1.54) is 30.5 Å². The third-order valence-corrected chi connectivity index (χ3v) is 5.89. The highest BCUT2D eigenvalue weighted by Crippen LogP contribution is 2.30. The van der Waals surface area contributed by atoms with Crippen molar-refractivity contribution in [3.63, 3.8) is 0 Å². The maximum atomic E-state index is 15.3. The number of nitrogens with zero attached hydrogens (tertiary/aromatic N) is 2. The maximum absolute atomic E-state index is 15.3. The highest BCUT2D eigenvalue weighted by Gasteiger charge is 2.24. The van der Waals surface area contributed by atoms with E-state index in [4.69, 9.17) is 0 Å². The Kier molecular flexibility index (Phi) is 6.83. The molecule has 9 heteroatoms. The van der Waals surface area contributed by atoms with Crippen LogP contribution in [0.25, 0.3) is 16.6 Å². The first-order chi connectivity index (χ1) is 16.4. The number of rotatable bonds is 7. The lowest BCUT2D eigenvalue weighted by molar-refractivity contribution is 0.103. The Morgan fingerprint density at radius 2 is 2.00 bits per heavy atom. The molecule has 0 amide bonds. The Bertz CT molecular complexity index is 1450. The van der Waals surface area contributed by atoms with Gasteiger partial charge in [-0.05, 0) is 60.8 Å². The molecule has 4 rings (SSSR count). The summed E-state index contributed by atoms with van der Waals surface area (Å²) in [7, 11) is 1.64. The van der Waals surface area contributed by atoms with E-state index in [0.717, 1.165) is 23.6 Å². The van der Waals surface area contributed by atoms with E-state index in [1.54, 1.807) is 31.6 Å². The molecule has 0 aliphatic heterocycles. The molecule has 2 heterocycles. The van der Waals surface area contributed by atoms with Crippen molar-refractivity contribution in [2.45, 2.75) is 11.8 Å². The SMILES string of the molecule is C/C=C(\C=NC)c1cnc2[nH]cc(C(=O)c3c(F)ccc(NSc4cccc(F)c4)c3F)c2c1. The minimum atomic E-state index is -1.04. The van der Waals surface area contributed by atoms with Crippen LogP contribution >= 0.6 is 11.9 Å². The highest BCUT2D eigenvalue weighted by molar-refractivity contribution is 8.00. The number of aromatic nitrogens is 2. The van der Waals surface area contributed by atoms with Gasteiger partial charge in [-0.15, -0.1) is 0 Å². The summed E-state index contributed by atoms with van der Waals surface area (Å²) in [5.74, 6) is -3.30. The molecule has 0 radical (unpaired) electrons. The second-order valence-electron chi connectivity index (χ2n) is 7.23.